The van der Waals surface area contributed by atoms with E-state index in [1.807, 2.05) is 13.8 Å². The van der Waals surface area contributed by atoms with Crippen LogP contribution in [0.3, 0.4) is 0 Å². The fourth-order valence-corrected chi connectivity index (χ4v) is 3.74. The van der Waals surface area contributed by atoms with Crippen LogP contribution in [0, 0.1) is 17.2 Å². The molecule has 1 aliphatic carbocycles. The Kier molecular flexibility index (Phi) is 4.79. The van der Waals surface area contributed by atoms with Crippen molar-refractivity contribution in [3.8, 4) is 6.07 Å². The molecule has 1 aliphatic rings. The Labute approximate surface area is 123 Å². The van der Waals surface area contributed by atoms with Crippen LogP contribution in [0.2, 0.25) is 0 Å². The Bertz CT molecular complexity index is 543. The zero-order valence-corrected chi connectivity index (χ0v) is 13.0. The number of nitrogens with zero attached hydrogens (tertiary/aromatic N) is 1. The third-order valence-electron chi connectivity index (χ3n) is 3.42. The lowest BCUT2D eigenvalue weighted by Gasteiger charge is -2.17. The number of carbonyl (C=O) groups is 1. The first-order valence-corrected chi connectivity index (χ1v) is 7.79. The van der Waals surface area contributed by atoms with Crippen molar-refractivity contribution >= 4 is 22.2 Å². The van der Waals surface area contributed by atoms with E-state index < -0.39 is 0 Å². The van der Waals surface area contributed by atoms with Crippen LogP contribution in [0.5, 0.6) is 0 Å². The molecule has 0 aromatic carbocycles. The van der Waals surface area contributed by atoms with Crippen molar-refractivity contribution in [3.05, 3.63) is 16.0 Å². The van der Waals surface area contributed by atoms with Gasteiger partial charge in [-0.1, -0.05) is 6.92 Å². The van der Waals surface area contributed by atoms with Gasteiger partial charge < -0.3 is 10.1 Å². The molecule has 1 aromatic rings. The van der Waals surface area contributed by atoms with Crippen molar-refractivity contribution in [2.45, 2.75) is 46.1 Å². The van der Waals surface area contributed by atoms with Gasteiger partial charge in [-0.3, -0.25) is 4.79 Å². The van der Waals surface area contributed by atoms with Crippen LogP contribution in [0.1, 0.15) is 43.2 Å². The van der Waals surface area contributed by atoms with Crippen LogP contribution < -0.4 is 5.32 Å². The number of nitriles is 1. The maximum absolute atomic E-state index is 11.8. The van der Waals surface area contributed by atoms with Crippen molar-refractivity contribution in [2.75, 3.05) is 11.9 Å². The Hall–Kier alpha value is -1.38. The van der Waals surface area contributed by atoms with E-state index in [4.69, 9.17) is 4.74 Å². The summed E-state index contributed by atoms with van der Waals surface area (Å²) in [4.78, 5) is 13.1. The average Bonchev–Trinajstić information content (AvgIpc) is 2.72. The quantitative estimate of drug-likeness (QED) is 0.927. The van der Waals surface area contributed by atoms with Crippen molar-refractivity contribution < 1.29 is 9.53 Å². The van der Waals surface area contributed by atoms with E-state index in [9.17, 15) is 10.1 Å². The summed E-state index contributed by atoms with van der Waals surface area (Å²) in [6.45, 7) is 6.03. The molecule has 108 valence electrons. The summed E-state index contributed by atoms with van der Waals surface area (Å²) in [5, 5.41) is 12.8. The Balaban J connectivity index is 2.12. The fourth-order valence-electron chi connectivity index (χ4n) is 2.36. The number of amides is 1. The van der Waals surface area contributed by atoms with Crippen molar-refractivity contribution in [1.29, 1.82) is 5.26 Å². The van der Waals surface area contributed by atoms with E-state index in [2.05, 4.69) is 18.3 Å². The minimum atomic E-state index is -0.193. The van der Waals surface area contributed by atoms with Gasteiger partial charge in [-0.25, -0.2) is 0 Å². The highest BCUT2D eigenvalue weighted by atomic mass is 32.1. The van der Waals surface area contributed by atoms with Gasteiger partial charge in [0.15, 0.2) is 0 Å². The number of fused-ring (bicyclic) bond motifs is 1. The molecule has 1 amide bonds. The largest absolute Gasteiger partial charge is 0.369 e. The van der Waals surface area contributed by atoms with Gasteiger partial charge in [-0.05, 0) is 44.6 Å². The molecule has 0 saturated heterocycles. The van der Waals surface area contributed by atoms with Crippen molar-refractivity contribution in [1.82, 2.24) is 0 Å². The third-order valence-corrected chi connectivity index (χ3v) is 4.59. The molecule has 0 fully saturated rings. The molecule has 20 heavy (non-hydrogen) atoms. The summed E-state index contributed by atoms with van der Waals surface area (Å²) in [7, 11) is 0. The van der Waals surface area contributed by atoms with E-state index in [1.165, 1.54) is 4.88 Å². The molecule has 0 spiro atoms. The van der Waals surface area contributed by atoms with Crippen LogP contribution in [-0.4, -0.2) is 18.6 Å². The fraction of sp³-hybridized carbons (Fsp3) is 0.600. The molecule has 0 saturated carbocycles. The van der Waals surface area contributed by atoms with Gasteiger partial charge in [0.1, 0.15) is 17.7 Å². The number of carbonyl (C=O) groups excluding carboxylic acids is 1. The molecule has 0 aliphatic heterocycles. The maximum atomic E-state index is 11.8. The van der Waals surface area contributed by atoms with E-state index in [1.54, 1.807) is 11.3 Å². The average molecular weight is 292 g/mol. The minimum absolute atomic E-state index is 0.0218. The van der Waals surface area contributed by atoms with E-state index >= 15 is 0 Å². The molecular weight excluding hydrogens is 272 g/mol. The Morgan fingerprint density at radius 2 is 2.35 bits per heavy atom. The molecule has 5 heteroatoms. The maximum Gasteiger partial charge on any atom is 0.251 e. The predicted octanol–water partition coefficient (Wildman–Crippen LogP) is 3.11. The molecule has 0 radical (unpaired) electrons. The topological polar surface area (TPSA) is 62.1 Å². The Morgan fingerprint density at radius 3 is 3.00 bits per heavy atom. The van der Waals surface area contributed by atoms with Crippen LogP contribution in [0.25, 0.3) is 0 Å². The second-order valence-corrected chi connectivity index (χ2v) is 6.68. The number of hydrogen-bond donors (Lipinski definition) is 1. The highest BCUT2D eigenvalue weighted by Gasteiger charge is 2.24. The third kappa shape index (κ3) is 3.38. The van der Waals surface area contributed by atoms with Crippen LogP contribution in [-0.2, 0) is 22.4 Å². The van der Waals surface area contributed by atoms with E-state index in [0.717, 1.165) is 24.8 Å². The minimum Gasteiger partial charge on any atom is -0.369 e. The summed E-state index contributed by atoms with van der Waals surface area (Å²) in [6.07, 6.45) is 3.08. The molecule has 1 heterocycles. The lowest BCUT2D eigenvalue weighted by Crippen LogP contribution is -2.20. The summed E-state index contributed by atoms with van der Waals surface area (Å²) < 4.78 is 5.28. The number of ether oxygens (including phenoxy) is 1. The Morgan fingerprint density at radius 1 is 1.60 bits per heavy atom. The first-order valence-electron chi connectivity index (χ1n) is 6.97. The lowest BCUT2D eigenvalue weighted by atomic mass is 9.89. The number of thiophene rings is 1. The zero-order chi connectivity index (χ0) is 14.7. The number of anilines is 1. The van der Waals surface area contributed by atoms with Crippen molar-refractivity contribution in [2.24, 2.45) is 5.92 Å². The summed E-state index contributed by atoms with van der Waals surface area (Å²) in [5.74, 6) is 0.461. The highest BCUT2D eigenvalue weighted by Crippen LogP contribution is 2.39. The number of rotatable bonds is 4. The molecule has 4 nitrogen and oxygen atoms in total. The standard InChI is InChI=1S/C15H20N2O2S/c1-9(2)19-8-14(18)17-15-12(7-16)11-5-4-10(3)6-13(11)20-15/h9-10H,4-6,8H2,1-3H3,(H,17,18). The van der Waals surface area contributed by atoms with Crippen LogP contribution >= 0.6 is 11.3 Å². The molecule has 0 bridgehead atoms. The van der Waals surface area contributed by atoms with Gasteiger partial charge >= 0.3 is 0 Å². The normalized spacial score (nSPS) is 17.6. The number of nitrogens with one attached hydrogen (secondary N) is 1. The smallest absolute Gasteiger partial charge is 0.251 e. The molecule has 2 rings (SSSR count). The highest BCUT2D eigenvalue weighted by molar-refractivity contribution is 7.16. The van der Waals surface area contributed by atoms with Crippen molar-refractivity contribution in [3.63, 3.8) is 0 Å². The first kappa shape index (κ1) is 15.0. The van der Waals surface area contributed by atoms with Gasteiger partial charge in [0.05, 0.1) is 11.7 Å². The van der Waals surface area contributed by atoms with Gasteiger partial charge in [0.25, 0.3) is 5.91 Å². The van der Waals surface area contributed by atoms with E-state index in [-0.39, 0.29) is 18.6 Å². The molecule has 1 aromatic heterocycles. The molecule has 1 N–H and O–H groups in total. The van der Waals surface area contributed by atoms with Crippen LogP contribution in [0.15, 0.2) is 0 Å². The van der Waals surface area contributed by atoms with Gasteiger partial charge in [-0.15, -0.1) is 11.3 Å². The van der Waals surface area contributed by atoms with Crippen LogP contribution in [0.4, 0.5) is 5.00 Å². The van der Waals surface area contributed by atoms with Gasteiger partial charge in [0, 0.05) is 4.88 Å². The second-order valence-electron chi connectivity index (χ2n) is 5.58. The number of hydrogen-bond acceptors (Lipinski definition) is 4. The van der Waals surface area contributed by atoms with E-state index in [0.29, 0.717) is 16.5 Å². The summed E-state index contributed by atoms with van der Waals surface area (Å²) >= 11 is 1.54. The lowest BCUT2D eigenvalue weighted by molar-refractivity contribution is -0.121. The second kappa shape index (κ2) is 6.38. The summed E-state index contributed by atoms with van der Waals surface area (Å²) in [5.41, 5.74) is 1.78. The SMILES string of the molecule is CC1CCc2c(sc(NC(=O)COC(C)C)c2C#N)C1. The zero-order valence-electron chi connectivity index (χ0n) is 12.2. The monoisotopic (exact) mass is 292 g/mol. The van der Waals surface area contributed by atoms with Gasteiger partial charge in [0.2, 0.25) is 0 Å². The molecule has 1 unspecified atom stereocenters. The summed E-state index contributed by atoms with van der Waals surface area (Å²) in [6, 6.07) is 2.24. The molecule has 1 atom stereocenters. The molecular formula is C15H20N2O2S. The van der Waals surface area contributed by atoms with Gasteiger partial charge in [-0.2, -0.15) is 5.26 Å². The predicted molar refractivity (Wildman–Crippen MR) is 79.9 cm³/mol. The first-order chi connectivity index (χ1) is 9.51.